The summed E-state index contributed by atoms with van der Waals surface area (Å²) in [6.45, 7) is 4.00. The zero-order valence-corrected chi connectivity index (χ0v) is 10.3. The highest BCUT2D eigenvalue weighted by Gasteiger charge is 2.15. The number of anilines is 2. The van der Waals surface area contributed by atoms with Crippen LogP contribution in [0.4, 0.5) is 11.4 Å². The number of nitrogens with two attached hydrogens (primary N) is 1. The third-order valence-electron chi connectivity index (χ3n) is 2.61. The standard InChI is InChI=1S/C12H17ClN2O/c1-3-8(4-2)12(16)15-11-6-5-9(14)7-10(11)13/h5-8H,3-4,14H2,1-2H3,(H,15,16). The largest absolute Gasteiger partial charge is 0.399 e. The smallest absolute Gasteiger partial charge is 0.227 e. The molecule has 0 aliphatic heterocycles. The summed E-state index contributed by atoms with van der Waals surface area (Å²) in [6, 6.07) is 5.07. The number of amides is 1. The molecule has 0 spiro atoms. The Balaban J connectivity index is 2.76. The third kappa shape index (κ3) is 3.14. The fraction of sp³-hybridized carbons (Fsp3) is 0.417. The van der Waals surface area contributed by atoms with E-state index in [1.807, 2.05) is 13.8 Å². The molecule has 0 aliphatic carbocycles. The van der Waals surface area contributed by atoms with E-state index in [1.54, 1.807) is 18.2 Å². The predicted octanol–water partition coefficient (Wildman–Crippen LogP) is 3.30. The second kappa shape index (κ2) is 5.75. The quantitative estimate of drug-likeness (QED) is 0.794. The monoisotopic (exact) mass is 240 g/mol. The molecule has 1 amide bonds. The van der Waals surface area contributed by atoms with Crippen molar-refractivity contribution in [2.75, 3.05) is 11.1 Å². The Kier molecular flexibility index (Phi) is 4.62. The number of hydrogen-bond acceptors (Lipinski definition) is 2. The molecule has 0 saturated carbocycles. The van der Waals surface area contributed by atoms with Gasteiger partial charge in [-0.15, -0.1) is 0 Å². The van der Waals surface area contributed by atoms with Gasteiger partial charge in [-0.3, -0.25) is 4.79 Å². The first-order valence-electron chi connectivity index (χ1n) is 5.44. The van der Waals surface area contributed by atoms with Crippen LogP contribution in [0.3, 0.4) is 0 Å². The first-order chi connectivity index (χ1) is 7.58. The molecule has 0 atom stereocenters. The number of halogens is 1. The zero-order chi connectivity index (χ0) is 12.1. The molecule has 0 unspecified atom stereocenters. The van der Waals surface area contributed by atoms with E-state index < -0.39 is 0 Å². The summed E-state index contributed by atoms with van der Waals surface area (Å²) in [7, 11) is 0. The van der Waals surface area contributed by atoms with Crippen molar-refractivity contribution in [2.24, 2.45) is 5.92 Å². The summed E-state index contributed by atoms with van der Waals surface area (Å²) in [4.78, 5) is 11.8. The predicted molar refractivity (Wildman–Crippen MR) is 68.6 cm³/mol. The van der Waals surface area contributed by atoms with Crippen molar-refractivity contribution in [1.82, 2.24) is 0 Å². The molecule has 88 valence electrons. The average Bonchev–Trinajstić information content (AvgIpc) is 2.24. The minimum absolute atomic E-state index is 0.0108. The third-order valence-corrected chi connectivity index (χ3v) is 2.92. The van der Waals surface area contributed by atoms with Crippen molar-refractivity contribution in [3.05, 3.63) is 23.2 Å². The van der Waals surface area contributed by atoms with E-state index in [0.29, 0.717) is 16.4 Å². The lowest BCUT2D eigenvalue weighted by Gasteiger charge is -2.13. The molecule has 1 aromatic rings. The lowest BCUT2D eigenvalue weighted by atomic mass is 10.0. The van der Waals surface area contributed by atoms with Crippen LogP contribution < -0.4 is 11.1 Å². The van der Waals surface area contributed by atoms with Gasteiger partial charge in [0.05, 0.1) is 10.7 Å². The Morgan fingerprint density at radius 2 is 2.06 bits per heavy atom. The van der Waals surface area contributed by atoms with Gasteiger partial charge in [0.25, 0.3) is 0 Å². The lowest BCUT2D eigenvalue weighted by Crippen LogP contribution is -2.21. The van der Waals surface area contributed by atoms with Gasteiger partial charge in [-0.25, -0.2) is 0 Å². The molecular formula is C12H17ClN2O. The molecule has 0 fully saturated rings. The van der Waals surface area contributed by atoms with Gasteiger partial charge in [0.15, 0.2) is 0 Å². The van der Waals surface area contributed by atoms with Crippen molar-refractivity contribution in [3.63, 3.8) is 0 Å². The van der Waals surface area contributed by atoms with E-state index in [1.165, 1.54) is 0 Å². The summed E-state index contributed by atoms with van der Waals surface area (Å²) in [5.74, 6) is 0.0466. The van der Waals surface area contributed by atoms with Crippen molar-refractivity contribution < 1.29 is 4.79 Å². The van der Waals surface area contributed by atoms with Gasteiger partial charge < -0.3 is 11.1 Å². The summed E-state index contributed by atoms with van der Waals surface area (Å²) < 4.78 is 0. The van der Waals surface area contributed by atoms with Crippen molar-refractivity contribution >= 4 is 28.9 Å². The maximum absolute atomic E-state index is 11.8. The highest BCUT2D eigenvalue weighted by atomic mass is 35.5. The van der Waals surface area contributed by atoms with Gasteiger partial charge in [0.2, 0.25) is 5.91 Å². The van der Waals surface area contributed by atoms with Crippen LogP contribution in [0.2, 0.25) is 5.02 Å². The van der Waals surface area contributed by atoms with Gasteiger partial charge >= 0.3 is 0 Å². The summed E-state index contributed by atoms with van der Waals surface area (Å²) in [5, 5.41) is 3.28. The number of nitrogens with one attached hydrogen (secondary N) is 1. The van der Waals surface area contributed by atoms with Crippen molar-refractivity contribution in [3.8, 4) is 0 Å². The number of carbonyl (C=O) groups is 1. The average molecular weight is 241 g/mol. The maximum atomic E-state index is 11.8. The number of nitrogen functional groups attached to an aromatic ring is 1. The van der Waals surface area contributed by atoms with Crippen LogP contribution in [0.1, 0.15) is 26.7 Å². The molecule has 16 heavy (non-hydrogen) atoms. The first kappa shape index (κ1) is 12.8. The molecule has 3 N–H and O–H groups in total. The normalized spacial score (nSPS) is 10.5. The first-order valence-corrected chi connectivity index (χ1v) is 5.82. The molecule has 0 heterocycles. The van der Waals surface area contributed by atoms with E-state index in [-0.39, 0.29) is 11.8 Å². The highest BCUT2D eigenvalue weighted by Crippen LogP contribution is 2.25. The second-order valence-corrected chi connectivity index (χ2v) is 4.15. The number of benzene rings is 1. The molecule has 0 aliphatic rings. The lowest BCUT2D eigenvalue weighted by molar-refractivity contribution is -0.120. The Bertz CT molecular complexity index is 375. The topological polar surface area (TPSA) is 55.1 Å². The number of hydrogen-bond donors (Lipinski definition) is 2. The molecule has 0 radical (unpaired) electrons. The van der Waals surface area contributed by atoms with Gasteiger partial charge in [0.1, 0.15) is 0 Å². The van der Waals surface area contributed by atoms with E-state index in [9.17, 15) is 4.79 Å². The van der Waals surface area contributed by atoms with Crippen molar-refractivity contribution in [1.29, 1.82) is 0 Å². The van der Waals surface area contributed by atoms with Crippen molar-refractivity contribution in [2.45, 2.75) is 26.7 Å². The van der Waals surface area contributed by atoms with E-state index in [0.717, 1.165) is 12.8 Å². The fourth-order valence-electron chi connectivity index (χ4n) is 1.53. The van der Waals surface area contributed by atoms with Gasteiger partial charge in [-0.05, 0) is 31.0 Å². The van der Waals surface area contributed by atoms with E-state index >= 15 is 0 Å². The minimum Gasteiger partial charge on any atom is -0.399 e. The highest BCUT2D eigenvalue weighted by molar-refractivity contribution is 6.34. The maximum Gasteiger partial charge on any atom is 0.227 e. The Morgan fingerprint density at radius 3 is 2.56 bits per heavy atom. The molecule has 1 rings (SSSR count). The molecule has 0 aromatic heterocycles. The van der Waals surface area contributed by atoms with Crippen LogP contribution in [-0.4, -0.2) is 5.91 Å². The molecule has 0 bridgehead atoms. The zero-order valence-electron chi connectivity index (χ0n) is 9.59. The summed E-state index contributed by atoms with van der Waals surface area (Å²) in [6.07, 6.45) is 1.66. The Hall–Kier alpha value is -1.22. The molecular weight excluding hydrogens is 224 g/mol. The van der Waals surface area contributed by atoms with Crippen LogP contribution in [0.15, 0.2) is 18.2 Å². The molecule has 3 nitrogen and oxygen atoms in total. The molecule has 1 aromatic carbocycles. The SMILES string of the molecule is CCC(CC)C(=O)Nc1ccc(N)cc1Cl. The molecule has 0 saturated heterocycles. The van der Waals surface area contributed by atoms with Crippen LogP contribution in [0.25, 0.3) is 0 Å². The molecule has 4 heteroatoms. The number of rotatable bonds is 4. The summed E-state index contributed by atoms with van der Waals surface area (Å²) in [5.41, 5.74) is 6.78. The summed E-state index contributed by atoms with van der Waals surface area (Å²) >= 11 is 5.97. The van der Waals surface area contributed by atoms with E-state index in [2.05, 4.69) is 5.32 Å². The van der Waals surface area contributed by atoms with Gasteiger partial charge in [0, 0.05) is 11.6 Å². The van der Waals surface area contributed by atoms with Crippen LogP contribution in [-0.2, 0) is 4.79 Å². The second-order valence-electron chi connectivity index (χ2n) is 3.74. The van der Waals surface area contributed by atoms with E-state index in [4.69, 9.17) is 17.3 Å². The van der Waals surface area contributed by atoms with Crippen LogP contribution in [0.5, 0.6) is 0 Å². The van der Waals surface area contributed by atoms with Crippen LogP contribution >= 0.6 is 11.6 Å². The van der Waals surface area contributed by atoms with Crippen LogP contribution in [0, 0.1) is 5.92 Å². The Labute approximate surface area is 101 Å². The number of carbonyl (C=O) groups excluding carboxylic acids is 1. The van der Waals surface area contributed by atoms with Gasteiger partial charge in [-0.2, -0.15) is 0 Å². The fourth-order valence-corrected chi connectivity index (χ4v) is 1.76. The minimum atomic E-state index is 0.0108. The van der Waals surface area contributed by atoms with Gasteiger partial charge in [-0.1, -0.05) is 25.4 Å². The Morgan fingerprint density at radius 1 is 1.44 bits per heavy atom.